The highest BCUT2D eigenvalue weighted by Gasteiger charge is 2.32. The Kier molecular flexibility index (Phi) is 3.94. The predicted molar refractivity (Wildman–Crippen MR) is 71.3 cm³/mol. The molecule has 0 saturated carbocycles. The van der Waals surface area contributed by atoms with Crippen LogP contribution in [0.3, 0.4) is 0 Å². The van der Waals surface area contributed by atoms with Gasteiger partial charge in [-0.2, -0.15) is 18.4 Å². The van der Waals surface area contributed by atoms with E-state index in [1.54, 1.807) is 0 Å². The van der Waals surface area contributed by atoms with Crippen molar-refractivity contribution in [1.29, 1.82) is 5.26 Å². The van der Waals surface area contributed by atoms with Crippen molar-refractivity contribution in [2.24, 2.45) is 11.8 Å². The molecule has 1 aliphatic rings. The molecule has 0 aliphatic carbocycles. The van der Waals surface area contributed by atoms with Crippen molar-refractivity contribution in [3.63, 3.8) is 0 Å². The van der Waals surface area contributed by atoms with E-state index >= 15 is 0 Å². The minimum atomic E-state index is -4.41. The summed E-state index contributed by atoms with van der Waals surface area (Å²) >= 11 is 0. The Hall–Kier alpha value is -1.70. The minimum absolute atomic E-state index is 0.0987. The van der Waals surface area contributed by atoms with E-state index in [4.69, 9.17) is 5.26 Å². The van der Waals surface area contributed by atoms with Crippen LogP contribution in [0.1, 0.15) is 31.4 Å². The van der Waals surface area contributed by atoms with Crippen molar-refractivity contribution >= 4 is 5.69 Å². The van der Waals surface area contributed by atoms with E-state index in [-0.39, 0.29) is 5.56 Å². The first kappa shape index (κ1) is 14.7. The standard InChI is InChI=1S/C15H17F3N2/c1-10-5-6-20(9-11(10)2)14-4-3-13(15(16,17)18)7-12(14)8-19/h3-4,7,10-11H,5-6,9H2,1-2H3. The number of nitriles is 1. The largest absolute Gasteiger partial charge is 0.416 e. The molecule has 1 fully saturated rings. The molecule has 0 bridgehead atoms. The van der Waals surface area contributed by atoms with E-state index in [9.17, 15) is 13.2 Å². The summed E-state index contributed by atoms with van der Waals surface area (Å²) in [6.07, 6.45) is -3.42. The minimum Gasteiger partial charge on any atom is -0.370 e. The number of hydrogen-bond donors (Lipinski definition) is 0. The van der Waals surface area contributed by atoms with Gasteiger partial charge in [-0.05, 0) is 36.5 Å². The molecule has 20 heavy (non-hydrogen) atoms. The van der Waals surface area contributed by atoms with Gasteiger partial charge in [-0.3, -0.25) is 0 Å². The molecule has 1 heterocycles. The normalized spacial score (nSPS) is 23.5. The maximum Gasteiger partial charge on any atom is 0.416 e. The summed E-state index contributed by atoms with van der Waals surface area (Å²) in [6, 6.07) is 5.31. The molecule has 1 aromatic carbocycles. The Labute approximate surface area is 116 Å². The number of rotatable bonds is 1. The van der Waals surface area contributed by atoms with Gasteiger partial charge in [0, 0.05) is 13.1 Å². The molecule has 0 aromatic heterocycles. The Morgan fingerprint density at radius 2 is 1.95 bits per heavy atom. The summed E-state index contributed by atoms with van der Waals surface area (Å²) in [6.45, 7) is 5.87. The van der Waals surface area contributed by atoms with Crippen LogP contribution in [0.15, 0.2) is 18.2 Å². The van der Waals surface area contributed by atoms with Crippen LogP contribution in [-0.2, 0) is 6.18 Å². The highest BCUT2D eigenvalue weighted by atomic mass is 19.4. The van der Waals surface area contributed by atoms with Crippen LogP contribution in [-0.4, -0.2) is 13.1 Å². The van der Waals surface area contributed by atoms with E-state index in [1.807, 2.05) is 11.0 Å². The van der Waals surface area contributed by atoms with Gasteiger partial charge >= 0.3 is 6.18 Å². The van der Waals surface area contributed by atoms with Gasteiger partial charge in [-0.1, -0.05) is 13.8 Å². The second-order valence-electron chi connectivity index (χ2n) is 5.53. The Morgan fingerprint density at radius 1 is 1.25 bits per heavy atom. The van der Waals surface area contributed by atoms with Gasteiger partial charge < -0.3 is 4.90 Å². The maximum atomic E-state index is 12.7. The average molecular weight is 282 g/mol. The number of hydrogen-bond acceptors (Lipinski definition) is 2. The molecule has 108 valence electrons. The van der Waals surface area contributed by atoms with E-state index in [1.165, 1.54) is 6.07 Å². The highest BCUT2D eigenvalue weighted by molar-refractivity contribution is 5.61. The summed E-state index contributed by atoms with van der Waals surface area (Å²) in [4.78, 5) is 2.02. The Balaban J connectivity index is 2.31. The number of benzene rings is 1. The smallest absolute Gasteiger partial charge is 0.370 e. The quantitative estimate of drug-likeness (QED) is 0.776. The number of halogens is 3. The average Bonchev–Trinajstić information content (AvgIpc) is 2.40. The van der Waals surface area contributed by atoms with Gasteiger partial charge in [-0.25, -0.2) is 0 Å². The van der Waals surface area contributed by atoms with Crippen molar-refractivity contribution in [3.8, 4) is 6.07 Å². The lowest BCUT2D eigenvalue weighted by Gasteiger charge is -2.37. The molecule has 1 aromatic rings. The lowest BCUT2D eigenvalue weighted by Crippen LogP contribution is -2.38. The van der Waals surface area contributed by atoms with Crippen LogP contribution in [0.25, 0.3) is 0 Å². The third kappa shape index (κ3) is 2.90. The first-order valence-corrected chi connectivity index (χ1v) is 6.69. The molecule has 0 radical (unpaired) electrons. The first-order chi connectivity index (χ1) is 9.32. The van der Waals surface area contributed by atoms with Gasteiger partial charge in [0.25, 0.3) is 0 Å². The van der Waals surface area contributed by atoms with E-state index in [2.05, 4.69) is 13.8 Å². The molecule has 5 heteroatoms. The van der Waals surface area contributed by atoms with Crippen molar-refractivity contribution in [2.75, 3.05) is 18.0 Å². The fourth-order valence-corrected chi connectivity index (χ4v) is 2.56. The van der Waals surface area contributed by atoms with Crippen molar-refractivity contribution < 1.29 is 13.2 Å². The summed E-state index contributed by atoms with van der Waals surface area (Å²) in [7, 11) is 0. The van der Waals surface area contributed by atoms with Gasteiger partial charge in [-0.15, -0.1) is 0 Å². The lowest BCUT2D eigenvalue weighted by atomic mass is 9.88. The number of alkyl halides is 3. The summed E-state index contributed by atoms with van der Waals surface area (Å²) in [5.41, 5.74) is -0.0583. The molecule has 2 atom stereocenters. The van der Waals surface area contributed by atoms with Crippen LogP contribution >= 0.6 is 0 Å². The van der Waals surface area contributed by atoms with Crippen molar-refractivity contribution in [2.45, 2.75) is 26.4 Å². The molecule has 0 spiro atoms. The zero-order valence-electron chi connectivity index (χ0n) is 11.5. The third-order valence-corrected chi connectivity index (χ3v) is 4.12. The molecule has 0 N–H and O–H groups in total. The van der Waals surface area contributed by atoms with Gasteiger partial charge in [0.15, 0.2) is 0 Å². The zero-order chi connectivity index (χ0) is 14.9. The predicted octanol–water partition coefficient (Wildman–Crippen LogP) is 4.06. The summed E-state index contributed by atoms with van der Waals surface area (Å²) < 4.78 is 38.0. The topological polar surface area (TPSA) is 27.0 Å². The van der Waals surface area contributed by atoms with Crippen LogP contribution in [0, 0.1) is 23.2 Å². The molecular formula is C15H17F3N2. The molecule has 1 saturated heterocycles. The SMILES string of the molecule is CC1CCN(c2ccc(C(F)(F)F)cc2C#N)CC1C. The first-order valence-electron chi connectivity index (χ1n) is 6.69. The van der Waals surface area contributed by atoms with Crippen LogP contribution < -0.4 is 4.90 Å². The van der Waals surface area contributed by atoms with E-state index < -0.39 is 11.7 Å². The van der Waals surface area contributed by atoms with E-state index in [0.717, 1.165) is 31.6 Å². The summed E-state index contributed by atoms with van der Waals surface area (Å²) in [5.74, 6) is 1.07. The van der Waals surface area contributed by atoms with Crippen molar-refractivity contribution in [1.82, 2.24) is 0 Å². The lowest BCUT2D eigenvalue weighted by molar-refractivity contribution is -0.137. The Bertz CT molecular complexity index is 531. The van der Waals surface area contributed by atoms with Gasteiger partial charge in [0.05, 0.1) is 16.8 Å². The number of piperidine rings is 1. The van der Waals surface area contributed by atoms with Crippen LogP contribution in [0.5, 0.6) is 0 Å². The molecule has 2 unspecified atom stereocenters. The second-order valence-corrected chi connectivity index (χ2v) is 5.53. The molecule has 1 aliphatic heterocycles. The second kappa shape index (κ2) is 5.35. The number of nitrogens with zero attached hydrogens (tertiary/aromatic N) is 2. The molecule has 2 nitrogen and oxygen atoms in total. The Morgan fingerprint density at radius 3 is 2.50 bits per heavy atom. The van der Waals surface area contributed by atoms with Crippen LogP contribution in [0.4, 0.5) is 18.9 Å². The maximum absolute atomic E-state index is 12.7. The fraction of sp³-hybridized carbons (Fsp3) is 0.533. The fourth-order valence-electron chi connectivity index (χ4n) is 2.56. The van der Waals surface area contributed by atoms with Crippen LogP contribution in [0.2, 0.25) is 0 Å². The monoisotopic (exact) mass is 282 g/mol. The molecular weight excluding hydrogens is 265 g/mol. The molecule has 0 amide bonds. The zero-order valence-corrected chi connectivity index (χ0v) is 11.5. The molecule has 2 rings (SSSR count). The van der Waals surface area contributed by atoms with Gasteiger partial charge in [0.2, 0.25) is 0 Å². The van der Waals surface area contributed by atoms with Gasteiger partial charge in [0.1, 0.15) is 6.07 Å². The summed E-state index contributed by atoms with van der Waals surface area (Å²) in [5, 5.41) is 9.11. The van der Waals surface area contributed by atoms with Crippen molar-refractivity contribution in [3.05, 3.63) is 29.3 Å². The van der Waals surface area contributed by atoms with E-state index in [0.29, 0.717) is 17.5 Å². The highest BCUT2D eigenvalue weighted by Crippen LogP contribution is 2.34. The third-order valence-electron chi connectivity index (χ3n) is 4.12. The number of anilines is 1.